The van der Waals surface area contributed by atoms with E-state index in [1.165, 1.54) is 12.4 Å². The summed E-state index contributed by atoms with van der Waals surface area (Å²) >= 11 is 0. The molecule has 8 heteroatoms. The maximum atomic E-state index is 13.5. The lowest BCUT2D eigenvalue weighted by atomic mass is 9.91. The molecule has 1 aliphatic carbocycles. The van der Waals surface area contributed by atoms with Gasteiger partial charge in [0, 0.05) is 22.6 Å². The van der Waals surface area contributed by atoms with Gasteiger partial charge < -0.3 is 15.2 Å². The highest BCUT2D eigenvalue weighted by molar-refractivity contribution is 6.04. The maximum absolute atomic E-state index is 13.5. The van der Waals surface area contributed by atoms with E-state index in [0.717, 1.165) is 23.0 Å². The van der Waals surface area contributed by atoms with E-state index in [4.69, 9.17) is 4.74 Å². The second-order valence-corrected chi connectivity index (χ2v) is 9.12. The van der Waals surface area contributed by atoms with Crippen LogP contribution in [-0.4, -0.2) is 25.5 Å². The third kappa shape index (κ3) is 4.42. The van der Waals surface area contributed by atoms with Gasteiger partial charge in [0.2, 0.25) is 5.88 Å². The fourth-order valence-electron chi connectivity index (χ4n) is 4.83. The number of benzene rings is 3. The van der Waals surface area contributed by atoms with Crippen LogP contribution in [0.5, 0.6) is 11.6 Å². The Kier molecular flexibility index (Phi) is 6.15. The highest BCUT2D eigenvalue weighted by Crippen LogP contribution is 2.31. The SMILES string of the molecule is O=C(Nc1ccc(Oc2ncnc3ccccc23)cc1)c1cc2c(n(-c3ccccc3)c1=O)CCCC2O. The third-order valence-electron chi connectivity index (χ3n) is 6.68. The van der Waals surface area contributed by atoms with Crippen LogP contribution in [-0.2, 0) is 6.42 Å². The molecule has 0 spiro atoms. The van der Waals surface area contributed by atoms with E-state index in [2.05, 4.69) is 15.3 Å². The molecule has 6 rings (SSSR count). The van der Waals surface area contributed by atoms with Crippen LogP contribution in [0.25, 0.3) is 16.6 Å². The number of aliphatic hydroxyl groups is 1. The first-order valence-corrected chi connectivity index (χ1v) is 12.4. The summed E-state index contributed by atoms with van der Waals surface area (Å²) in [5.41, 5.74) is 2.85. The van der Waals surface area contributed by atoms with Crippen molar-refractivity contribution in [3.63, 3.8) is 0 Å². The van der Waals surface area contributed by atoms with Crippen molar-refractivity contribution < 1.29 is 14.6 Å². The van der Waals surface area contributed by atoms with Crippen LogP contribution in [0.15, 0.2) is 96.1 Å². The number of fused-ring (bicyclic) bond motifs is 2. The van der Waals surface area contributed by atoms with Gasteiger partial charge >= 0.3 is 0 Å². The first-order chi connectivity index (χ1) is 18.6. The van der Waals surface area contributed by atoms with Gasteiger partial charge in [-0.25, -0.2) is 9.97 Å². The number of anilines is 1. The molecular weight excluding hydrogens is 480 g/mol. The fraction of sp³-hybridized carbons (Fsp3) is 0.133. The summed E-state index contributed by atoms with van der Waals surface area (Å²) in [5, 5.41) is 14.3. The first kappa shape index (κ1) is 23.6. The number of nitrogens with one attached hydrogen (secondary N) is 1. The van der Waals surface area contributed by atoms with Crippen LogP contribution < -0.4 is 15.6 Å². The Balaban J connectivity index is 1.28. The zero-order valence-corrected chi connectivity index (χ0v) is 20.4. The monoisotopic (exact) mass is 504 g/mol. The second kappa shape index (κ2) is 9.91. The predicted octanol–water partition coefficient (Wildman–Crippen LogP) is 5.20. The lowest BCUT2D eigenvalue weighted by Gasteiger charge is -2.26. The summed E-state index contributed by atoms with van der Waals surface area (Å²) in [4.78, 5) is 35.3. The van der Waals surface area contributed by atoms with Gasteiger partial charge in [0.25, 0.3) is 11.5 Å². The molecule has 2 heterocycles. The number of aromatic nitrogens is 3. The highest BCUT2D eigenvalue weighted by atomic mass is 16.5. The Hall–Kier alpha value is -4.82. The molecule has 0 aliphatic heterocycles. The van der Waals surface area contributed by atoms with Gasteiger partial charge in [0.15, 0.2) is 0 Å². The number of carbonyl (C=O) groups excluding carboxylic acids is 1. The molecule has 1 aliphatic rings. The number of rotatable bonds is 5. The lowest BCUT2D eigenvalue weighted by Crippen LogP contribution is -2.33. The van der Waals surface area contributed by atoms with E-state index < -0.39 is 17.6 Å². The van der Waals surface area contributed by atoms with Crippen molar-refractivity contribution in [2.45, 2.75) is 25.4 Å². The molecule has 0 radical (unpaired) electrons. The van der Waals surface area contributed by atoms with E-state index in [-0.39, 0.29) is 5.56 Å². The van der Waals surface area contributed by atoms with Crippen LogP contribution in [0.1, 0.15) is 40.6 Å². The number of amides is 1. The van der Waals surface area contributed by atoms with E-state index in [9.17, 15) is 14.7 Å². The molecule has 0 saturated carbocycles. The minimum absolute atomic E-state index is 0.0265. The molecule has 1 amide bonds. The smallest absolute Gasteiger partial charge is 0.268 e. The normalized spacial score (nSPS) is 14.6. The van der Waals surface area contributed by atoms with Crippen LogP contribution in [0.3, 0.4) is 0 Å². The van der Waals surface area contributed by atoms with Crippen LogP contribution in [0.2, 0.25) is 0 Å². The summed E-state index contributed by atoms with van der Waals surface area (Å²) in [7, 11) is 0. The van der Waals surface area contributed by atoms with Gasteiger partial charge in [-0.1, -0.05) is 30.3 Å². The zero-order chi connectivity index (χ0) is 26.1. The average molecular weight is 505 g/mol. The largest absolute Gasteiger partial charge is 0.438 e. The number of hydrogen-bond donors (Lipinski definition) is 2. The van der Waals surface area contributed by atoms with E-state index in [1.54, 1.807) is 28.8 Å². The number of hydrogen-bond acceptors (Lipinski definition) is 6. The first-order valence-electron chi connectivity index (χ1n) is 12.4. The number of ether oxygens (including phenoxy) is 1. The summed E-state index contributed by atoms with van der Waals surface area (Å²) in [5.74, 6) is 0.423. The molecule has 3 aromatic carbocycles. The highest BCUT2D eigenvalue weighted by Gasteiger charge is 2.26. The van der Waals surface area contributed by atoms with Crippen molar-refractivity contribution in [1.29, 1.82) is 0 Å². The van der Waals surface area contributed by atoms with Gasteiger partial charge in [-0.3, -0.25) is 14.2 Å². The summed E-state index contributed by atoms with van der Waals surface area (Å²) in [6.07, 6.45) is 2.73. The van der Waals surface area contributed by atoms with Gasteiger partial charge in [0.1, 0.15) is 17.6 Å². The molecule has 8 nitrogen and oxygen atoms in total. The molecule has 1 unspecified atom stereocenters. The van der Waals surface area contributed by atoms with Gasteiger partial charge in [-0.2, -0.15) is 0 Å². The van der Waals surface area contributed by atoms with Crippen molar-refractivity contribution in [2.75, 3.05) is 5.32 Å². The van der Waals surface area contributed by atoms with E-state index >= 15 is 0 Å². The Bertz CT molecular complexity index is 1690. The van der Waals surface area contributed by atoms with Gasteiger partial charge in [-0.15, -0.1) is 0 Å². The van der Waals surface area contributed by atoms with Gasteiger partial charge in [-0.05, 0) is 73.9 Å². The van der Waals surface area contributed by atoms with Crippen molar-refractivity contribution in [3.05, 3.63) is 118 Å². The Morgan fingerprint density at radius 3 is 2.55 bits per heavy atom. The Morgan fingerprint density at radius 1 is 0.974 bits per heavy atom. The molecular formula is C30H24N4O4. The summed E-state index contributed by atoms with van der Waals surface area (Å²) in [6, 6.07) is 25.1. The predicted molar refractivity (Wildman–Crippen MR) is 144 cm³/mol. The zero-order valence-electron chi connectivity index (χ0n) is 20.4. The maximum Gasteiger partial charge on any atom is 0.268 e. The van der Waals surface area contributed by atoms with Gasteiger partial charge in [0.05, 0.1) is 17.0 Å². The standard InChI is InChI=1S/C30H24N4O4/c35-27-12-6-11-26-23(27)17-24(30(37)34(26)20-7-2-1-3-8-20)28(36)33-19-13-15-21(16-14-19)38-29-22-9-4-5-10-25(22)31-18-32-29/h1-5,7-10,13-18,27,35H,6,11-12H2,(H,33,36). The molecule has 2 aromatic heterocycles. The van der Waals surface area contributed by atoms with Crippen molar-refractivity contribution in [2.24, 2.45) is 0 Å². The number of carbonyl (C=O) groups is 1. The fourth-order valence-corrected chi connectivity index (χ4v) is 4.83. The average Bonchev–Trinajstić information content (AvgIpc) is 2.95. The van der Waals surface area contributed by atoms with Crippen LogP contribution >= 0.6 is 0 Å². The van der Waals surface area contributed by atoms with E-state index in [1.807, 2.05) is 54.6 Å². The molecule has 5 aromatic rings. The summed E-state index contributed by atoms with van der Waals surface area (Å²) < 4.78 is 7.50. The van der Waals surface area contributed by atoms with Crippen molar-refractivity contribution in [3.8, 4) is 17.3 Å². The summed E-state index contributed by atoms with van der Waals surface area (Å²) in [6.45, 7) is 0. The molecule has 1 atom stereocenters. The molecule has 188 valence electrons. The van der Waals surface area contributed by atoms with Crippen molar-refractivity contribution in [1.82, 2.24) is 14.5 Å². The number of aliphatic hydroxyl groups excluding tert-OH is 1. The Labute approximate surface area is 218 Å². The minimum atomic E-state index is -0.727. The lowest BCUT2D eigenvalue weighted by molar-refractivity contribution is 0.102. The minimum Gasteiger partial charge on any atom is -0.438 e. The van der Waals surface area contributed by atoms with Crippen LogP contribution in [0, 0.1) is 0 Å². The van der Waals surface area contributed by atoms with Crippen LogP contribution in [0.4, 0.5) is 5.69 Å². The molecule has 0 saturated heterocycles. The quantitative estimate of drug-likeness (QED) is 0.341. The topological polar surface area (TPSA) is 106 Å². The van der Waals surface area contributed by atoms with Crippen molar-refractivity contribution >= 4 is 22.5 Å². The number of pyridine rings is 1. The molecule has 2 N–H and O–H groups in total. The third-order valence-corrected chi connectivity index (χ3v) is 6.68. The Morgan fingerprint density at radius 2 is 1.74 bits per heavy atom. The second-order valence-electron chi connectivity index (χ2n) is 9.12. The number of para-hydroxylation sites is 2. The molecule has 0 bridgehead atoms. The van der Waals surface area contributed by atoms with E-state index in [0.29, 0.717) is 41.4 Å². The number of nitrogens with zero attached hydrogens (tertiary/aromatic N) is 3. The molecule has 38 heavy (non-hydrogen) atoms. The molecule has 0 fully saturated rings.